The van der Waals surface area contributed by atoms with E-state index in [1.165, 1.54) is 0 Å². The van der Waals surface area contributed by atoms with Crippen molar-refractivity contribution in [2.24, 2.45) is 0 Å². The summed E-state index contributed by atoms with van der Waals surface area (Å²) in [4.78, 5) is 11.2. The molecule has 0 saturated carbocycles. The fourth-order valence-corrected chi connectivity index (χ4v) is 2.30. The number of anilines is 3. The standard InChI is InChI=1S/C17H24N4O/c1-4-21(15-9-6-5-7-10-15)17-13-16(19-14(2)20-17)18-11-8-12-22-3/h5-7,9-10,13H,4,8,11-12H2,1-3H3,(H,18,19,20). The number of benzene rings is 1. The summed E-state index contributed by atoms with van der Waals surface area (Å²) in [5.74, 6) is 2.53. The first-order chi connectivity index (χ1) is 10.7. The highest BCUT2D eigenvalue weighted by Gasteiger charge is 2.10. The van der Waals surface area contributed by atoms with Gasteiger partial charge in [-0.05, 0) is 32.4 Å². The first-order valence-corrected chi connectivity index (χ1v) is 7.65. The van der Waals surface area contributed by atoms with E-state index in [1.807, 2.05) is 31.2 Å². The minimum Gasteiger partial charge on any atom is -0.385 e. The Labute approximate surface area is 132 Å². The van der Waals surface area contributed by atoms with Gasteiger partial charge < -0.3 is 15.0 Å². The lowest BCUT2D eigenvalue weighted by molar-refractivity contribution is 0.198. The predicted molar refractivity (Wildman–Crippen MR) is 90.9 cm³/mol. The van der Waals surface area contributed by atoms with Gasteiger partial charge in [-0.25, -0.2) is 9.97 Å². The minimum atomic E-state index is 0.745. The number of hydrogen-bond donors (Lipinski definition) is 1. The van der Waals surface area contributed by atoms with Gasteiger partial charge >= 0.3 is 0 Å². The van der Waals surface area contributed by atoms with Gasteiger partial charge in [-0.15, -0.1) is 0 Å². The summed E-state index contributed by atoms with van der Waals surface area (Å²) in [7, 11) is 1.71. The zero-order chi connectivity index (χ0) is 15.8. The number of methoxy groups -OCH3 is 1. The third-order valence-corrected chi connectivity index (χ3v) is 3.32. The summed E-state index contributed by atoms with van der Waals surface area (Å²) in [5.41, 5.74) is 1.13. The van der Waals surface area contributed by atoms with E-state index in [1.54, 1.807) is 7.11 Å². The highest BCUT2D eigenvalue weighted by Crippen LogP contribution is 2.24. The van der Waals surface area contributed by atoms with Crippen molar-refractivity contribution in [2.75, 3.05) is 37.0 Å². The zero-order valence-corrected chi connectivity index (χ0v) is 13.5. The van der Waals surface area contributed by atoms with Crippen LogP contribution in [0, 0.1) is 6.92 Å². The molecule has 2 rings (SSSR count). The topological polar surface area (TPSA) is 50.3 Å². The second kappa shape index (κ2) is 8.34. The van der Waals surface area contributed by atoms with Gasteiger partial charge in [0.25, 0.3) is 0 Å². The third kappa shape index (κ3) is 4.43. The molecule has 0 amide bonds. The van der Waals surface area contributed by atoms with Crippen LogP contribution in [-0.2, 0) is 4.74 Å². The van der Waals surface area contributed by atoms with E-state index in [2.05, 4.69) is 39.2 Å². The summed E-state index contributed by atoms with van der Waals surface area (Å²) in [6.45, 7) is 6.47. The number of aromatic nitrogens is 2. The molecule has 2 aromatic rings. The fourth-order valence-electron chi connectivity index (χ4n) is 2.30. The molecule has 0 aliphatic rings. The summed E-state index contributed by atoms with van der Waals surface area (Å²) in [6, 6.07) is 12.3. The first kappa shape index (κ1) is 16.2. The summed E-state index contributed by atoms with van der Waals surface area (Å²) < 4.78 is 5.06. The molecular formula is C17H24N4O. The largest absolute Gasteiger partial charge is 0.385 e. The van der Waals surface area contributed by atoms with E-state index >= 15 is 0 Å². The molecule has 0 saturated heterocycles. The molecule has 1 heterocycles. The number of para-hydroxylation sites is 1. The molecule has 0 fully saturated rings. The second-order valence-corrected chi connectivity index (χ2v) is 5.01. The first-order valence-electron chi connectivity index (χ1n) is 7.65. The lowest BCUT2D eigenvalue weighted by Crippen LogP contribution is -2.18. The molecule has 0 atom stereocenters. The molecule has 0 aliphatic heterocycles. The molecule has 118 valence electrons. The Morgan fingerprint density at radius 3 is 2.64 bits per heavy atom. The van der Waals surface area contributed by atoms with Gasteiger partial charge in [-0.3, -0.25) is 0 Å². The molecule has 1 aromatic carbocycles. The van der Waals surface area contributed by atoms with Crippen LogP contribution < -0.4 is 10.2 Å². The number of ether oxygens (including phenoxy) is 1. The van der Waals surface area contributed by atoms with Crippen molar-refractivity contribution in [1.29, 1.82) is 0 Å². The van der Waals surface area contributed by atoms with Crippen LogP contribution in [0.2, 0.25) is 0 Å². The average molecular weight is 300 g/mol. The zero-order valence-electron chi connectivity index (χ0n) is 13.5. The van der Waals surface area contributed by atoms with E-state index in [0.29, 0.717) is 0 Å². The SMILES string of the molecule is CCN(c1ccccc1)c1cc(NCCCOC)nc(C)n1. The van der Waals surface area contributed by atoms with Crippen LogP contribution >= 0.6 is 0 Å². The van der Waals surface area contributed by atoms with Crippen molar-refractivity contribution in [3.05, 3.63) is 42.2 Å². The summed E-state index contributed by atoms with van der Waals surface area (Å²) in [6.07, 6.45) is 0.949. The maximum absolute atomic E-state index is 5.06. The van der Waals surface area contributed by atoms with Crippen LogP contribution in [0.5, 0.6) is 0 Å². The van der Waals surface area contributed by atoms with E-state index in [-0.39, 0.29) is 0 Å². The van der Waals surface area contributed by atoms with Crippen LogP contribution in [0.15, 0.2) is 36.4 Å². The van der Waals surface area contributed by atoms with Gasteiger partial charge in [0.15, 0.2) is 0 Å². The molecule has 0 bridgehead atoms. The Morgan fingerprint density at radius 1 is 1.18 bits per heavy atom. The van der Waals surface area contributed by atoms with Crippen molar-refractivity contribution in [3.8, 4) is 0 Å². The molecule has 0 radical (unpaired) electrons. The minimum absolute atomic E-state index is 0.745. The number of aryl methyl sites for hydroxylation is 1. The second-order valence-electron chi connectivity index (χ2n) is 5.01. The van der Waals surface area contributed by atoms with Gasteiger partial charge in [0.1, 0.15) is 17.5 Å². The molecule has 5 heteroatoms. The van der Waals surface area contributed by atoms with Crippen molar-refractivity contribution >= 4 is 17.3 Å². The van der Waals surface area contributed by atoms with Crippen LogP contribution in [-0.4, -0.2) is 36.8 Å². The molecule has 1 N–H and O–H groups in total. The summed E-state index contributed by atoms with van der Waals surface area (Å²) in [5, 5.41) is 3.33. The lowest BCUT2D eigenvalue weighted by Gasteiger charge is -2.23. The molecule has 0 unspecified atom stereocenters. The quantitative estimate of drug-likeness (QED) is 0.757. The predicted octanol–water partition coefficient (Wildman–Crippen LogP) is 3.39. The number of nitrogens with zero attached hydrogens (tertiary/aromatic N) is 3. The highest BCUT2D eigenvalue weighted by atomic mass is 16.5. The Morgan fingerprint density at radius 2 is 1.95 bits per heavy atom. The van der Waals surface area contributed by atoms with Crippen molar-refractivity contribution in [3.63, 3.8) is 0 Å². The molecule has 1 aromatic heterocycles. The van der Waals surface area contributed by atoms with Gasteiger partial charge in [0.05, 0.1) is 0 Å². The van der Waals surface area contributed by atoms with E-state index < -0.39 is 0 Å². The van der Waals surface area contributed by atoms with Gasteiger partial charge in [-0.2, -0.15) is 0 Å². The van der Waals surface area contributed by atoms with E-state index in [4.69, 9.17) is 4.74 Å². The Bertz CT molecular complexity index is 574. The molecule has 22 heavy (non-hydrogen) atoms. The normalized spacial score (nSPS) is 10.5. The maximum atomic E-state index is 5.06. The van der Waals surface area contributed by atoms with Crippen LogP contribution in [0.3, 0.4) is 0 Å². The van der Waals surface area contributed by atoms with Gasteiger partial charge in [0, 0.05) is 38.6 Å². The monoisotopic (exact) mass is 300 g/mol. The van der Waals surface area contributed by atoms with E-state index in [9.17, 15) is 0 Å². The van der Waals surface area contributed by atoms with Crippen molar-refractivity contribution < 1.29 is 4.74 Å². The highest BCUT2D eigenvalue weighted by molar-refractivity contribution is 5.62. The van der Waals surface area contributed by atoms with Crippen LogP contribution in [0.4, 0.5) is 17.3 Å². The van der Waals surface area contributed by atoms with Gasteiger partial charge in [-0.1, -0.05) is 18.2 Å². The Balaban J connectivity index is 2.17. The fraction of sp³-hybridized carbons (Fsp3) is 0.412. The summed E-state index contributed by atoms with van der Waals surface area (Å²) >= 11 is 0. The Kier molecular flexibility index (Phi) is 6.15. The molecule has 0 aliphatic carbocycles. The maximum Gasteiger partial charge on any atom is 0.138 e. The smallest absolute Gasteiger partial charge is 0.138 e. The Hall–Kier alpha value is -2.14. The lowest BCUT2D eigenvalue weighted by atomic mass is 10.3. The van der Waals surface area contributed by atoms with E-state index in [0.717, 1.165) is 49.3 Å². The van der Waals surface area contributed by atoms with Crippen molar-refractivity contribution in [2.45, 2.75) is 20.3 Å². The average Bonchev–Trinajstić information content (AvgIpc) is 2.53. The van der Waals surface area contributed by atoms with Crippen LogP contribution in [0.25, 0.3) is 0 Å². The molecule has 0 spiro atoms. The van der Waals surface area contributed by atoms with Gasteiger partial charge in [0.2, 0.25) is 0 Å². The van der Waals surface area contributed by atoms with Crippen LogP contribution in [0.1, 0.15) is 19.2 Å². The number of hydrogen-bond acceptors (Lipinski definition) is 5. The third-order valence-electron chi connectivity index (χ3n) is 3.32. The number of rotatable bonds is 8. The van der Waals surface area contributed by atoms with Crippen molar-refractivity contribution in [1.82, 2.24) is 9.97 Å². The molecule has 5 nitrogen and oxygen atoms in total. The molecular weight excluding hydrogens is 276 g/mol. The number of nitrogens with one attached hydrogen (secondary N) is 1.